The second-order valence-electron chi connectivity index (χ2n) is 3.02. The second kappa shape index (κ2) is 4.35. The smallest absolute Gasteiger partial charge is 0.225 e. The van der Waals surface area contributed by atoms with Gasteiger partial charge in [0.15, 0.2) is 0 Å². The van der Waals surface area contributed by atoms with Crippen LogP contribution in [0.5, 0.6) is 0 Å². The number of nitrogens with zero attached hydrogens (tertiary/aromatic N) is 3. The Labute approximate surface area is 96.8 Å². The maximum Gasteiger partial charge on any atom is 0.225 e. The van der Waals surface area contributed by atoms with Crippen LogP contribution in [0.1, 0.15) is 0 Å². The molecule has 6 heteroatoms. The summed E-state index contributed by atoms with van der Waals surface area (Å²) < 4.78 is 6.92. The molecule has 0 saturated heterocycles. The van der Waals surface area contributed by atoms with E-state index in [1.165, 1.54) is 0 Å². The zero-order chi connectivity index (χ0) is 10.8. The standard InChI is InChI=1S/C9H9Cl2N3O/c1-15-5-4-14-3-2-6-7(10)12-9(11)13-8(6)14/h2-3H,4-5H2,1H3. The molecule has 0 amide bonds. The molecule has 4 nitrogen and oxygen atoms in total. The Morgan fingerprint density at radius 3 is 2.93 bits per heavy atom. The van der Waals surface area contributed by atoms with Gasteiger partial charge in [0.25, 0.3) is 0 Å². The third-order valence-electron chi connectivity index (χ3n) is 2.08. The van der Waals surface area contributed by atoms with Crippen molar-refractivity contribution in [2.75, 3.05) is 13.7 Å². The summed E-state index contributed by atoms with van der Waals surface area (Å²) in [4.78, 5) is 8.00. The van der Waals surface area contributed by atoms with Crippen LogP contribution >= 0.6 is 23.2 Å². The van der Waals surface area contributed by atoms with E-state index in [4.69, 9.17) is 27.9 Å². The summed E-state index contributed by atoms with van der Waals surface area (Å²) in [5, 5.41) is 1.34. The lowest BCUT2D eigenvalue weighted by Gasteiger charge is -2.03. The maximum atomic E-state index is 5.93. The van der Waals surface area contributed by atoms with E-state index < -0.39 is 0 Å². The van der Waals surface area contributed by atoms with E-state index in [-0.39, 0.29) is 5.28 Å². The lowest BCUT2D eigenvalue weighted by atomic mass is 10.4. The van der Waals surface area contributed by atoms with E-state index in [9.17, 15) is 0 Å². The fourth-order valence-electron chi connectivity index (χ4n) is 1.37. The number of hydrogen-bond donors (Lipinski definition) is 0. The topological polar surface area (TPSA) is 39.9 Å². The van der Waals surface area contributed by atoms with Crippen molar-refractivity contribution in [1.82, 2.24) is 14.5 Å². The molecule has 0 fully saturated rings. The normalized spacial score (nSPS) is 11.1. The average Bonchev–Trinajstić information content (AvgIpc) is 2.58. The number of aromatic nitrogens is 3. The fourth-order valence-corrected chi connectivity index (χ4v) is 1.81. The van der Waals surface area contributed by atoms with Crippen molar-refractivity contribution in [2.45, 2.75) is 6.54 Å². The molecule has 0 N–H and O–H groups in total. The minimum absolute atomic E-state index is 0.157. The van der Waals surface area contributed by atoms with Gasteiger partial charge in [0.2, 0.25) is 5.28 Å². The zero-order valence-corrected chi connectivity index (χ0v) is 9.59. The molecule has 80 valence electrons. The van der Waals surface area contributed by atoms with Gasteiger partial charge in [-0.05, 0) is 17.7 Å². The van der Waals surface area contributed by atoms with Gasteiger partial charge in [-0.3, -0.25) is 0 Å². The first-order valence-electron chi connectivity index (χ1n) is 4.39. The molecule has 0 spiro atoms. The minimum Gasteiger partial charge on any atom is -0.383 e. The molecule has 0 atom stereocenters. The van der Waals surface area contributed by atoms with Crippen molar-refractivity contribution < 1.29 is 4.74 Å². The Kier molecular flexibility index (Phi) is 3.09. The first-order chi connectivity index (χ1) is 7.22. The summed E-state index contributed by atoms with van der Waals surface area (Å²) in [6, 6.07) is 1.86. The van der Waals surface area contributed by atoms with E-state index >= 15 is 0 Å². The quantitative estimate of drug-likeness (QED) is 0.616. The molecule has 2 rings (SSSR count). The Bertz CT molecular complexity index is 483. The molecule has 2 aromatic heterocycles. The highest BCUT2D eigenvalue weighted by Crippen LogP contribution is 2.22. The van der Waals surface area contributed by atoms with Crippen LogP contribution in [0.2, 0.25) is 10.4 Å². The average molecular weight is 246 g/mol. The van der Waals surface area contributed by atoms with Gasteiger partial charge < -0.3 is 9.30 Å². The Morgan fingerprint density at radius 1 is 1.40 bits per heavy atom. The molecule has 2 aromatic rings. The van der Waals surface area contributed by atoms with E-state index in [2.05, 4.69) is 9.97 Å². The Morgan fingerprint density at radius 2 is 2.20 bits per heavy atom. The van der Waals surface area contributed by atoms with Gasteiger partial charge in [-0.25, -0.2) is 4.98 Å². The summed E-state index contributed by atoms with van der Waals surface area (Å²) in [5.41, 5.74) is 0.733. The fraction of sp³-hybridized carbons (Fsp3) is 0.333. The molecule has 0 radical (unpaired) electrons. The Hall–Kier alpha value is -0.840. The first kappa shape index (κ1) is 10.7. The van der Waals surface area contributed by atoms with Gasteiger partial charge in [0, 0.05) is 19.9 Å². The first-order valence-corrected chi connectivity index (χ1v) is 5.15. The number of methoxy groups -OCH3 is 1. The molecule has 0 aliphatic heterocycles. The van der Waals surface area contributed by atoms with Gasteiger partial charge >= 0.3 is 0 Å². The van der Waals surface area contributed by atoms with Gasteiger partial charge in [-0.15, -0.1) is 0 Å². The van der Waals surface area contributed by atoms with Crippen molar-refractivity contribution in [3.05, 3.63) is 22.7 Å². The highest BCUT2D eigenvalue weighted by Gasteiger charge is 2.08. The second-order valence-corrected chi connectivity index (χ2v) is 3.72. The third kappa shape index (κ3) is 2.07. The highest BCUT2D eigenvalue weighted by atomic mass is 35.5. The van der Waals surface area contributed by atoms with E-state index in [1.807, 2.05) is 16.8 Å². The molecule has 0 aliphatic rings. The minimum atomic E-state index is 0.157. The van der Waals surface area contributed by atoms with E-state index in [1.54, 1.807) is 7.11 Å². The lowest BCUT2D eigenvalue weighted by Crippen LogP contribution is -2.03. The Balaban J connectivity index is 2.49. The van der Waals surface area contributed by atoms with Crippen molar-refractivity contribution in [3.63, 3.8) is 0 Å². The summed E-state index contributed by atoms with van der Waals surface area (Å²) >= 11 is 11.7. The number of rotatable bonds is 3. The van der Waals surface area contributed by atoms with Crippen LogP contribution in [0.25, 0.3) is 11.0 Å². The van der Waals surface area contributed by atoms with Crippen molar-refractivity contribution in [3.8, 4) is 0 Å². The van der Waals surface area contributed by atoms with Gasteiger partial charge in [0.05, 0.1) is 12.0 Å². The van der Waals surface area contributed by atoms with Crippen LogP contribution in [-0.4, -0.2) is 28.3 Å². The highest BCUT2D eigenvalue weighted by molar-refractivity contribution is 6.35. The lowest BCUT2D eigenvalue weighted by molar-refractivity contribution is 0.188. The van der Waals surface area contributed by atoms with Crippen LogP contribution in [0, 0.1) is 0 Å². The number of ether oxygens (including phenoxy) is 1. The van der Waals surface area contributed by atoms with Crippen LogP contribution in [0.3, 0.4) is 0 Å². The van der Waals surface area contributed by atoms with Crippen LogP contribution in [0.15, 0.2) is 12.3 Å². The molecule has 0 bridgehead atoms. The summed E-state index contributed by atoms with van der Waals surface area (Å²) in [5.74, 6) is 0. The van der Waals surface area contributed by atoms with Crippen molar-refractivity contribution in [2.24, 2.45) is 0 Å². The monoisotopic (exact) mass is 245 g/mol. The molecule has 0 unspecified atom stereocenters. The largest absolute Gasteiger partial charge is 0.383 e. The van der Waals surface area contributed by atoms with Crippen LogP contribution in [0.4, 0.5) is 0 Å². The van der Waals surface area contributed by atoms with E-state index in [0.29, 0.717) is 18.3 Å². The van der Waals surface area contributed by atoms with Gasteiger partial charge in [-0.1, -0.05) is 11.6 Å². The number of fused-ring (bicyclic) bond motifs is 1. The maximum absolute atomic E-state index is 5.93. The molecule has 0 saturated carbocycles. The van der Waals surface area contributed by atoms with Crippen molar-refractivity contribution >= 4 is 34.2 Å². The molecule has 0 aliphatic carbocycles. The summed E-state index contributed by atoms with van der Waals surface area (Å²) in [7, 11) is 1.65. The van der Waals surface area contributed by atoms with Crippen LogP contribution in [-0.2, 0) is 11.3 Å². The van der Waals surface area contributed by atoms with Crippen molar-refractivity contribution in [1.29, 1.82) is 0 Å². The molecule has 0 aromatic carbocycles. The molecular weight excluding hydrogens is 237 g/mol. The summed E-state index contributed by atoms with van der Waals surface area (Å²) in [6.07, 6.45) is 1.89. The van der Waals surface area contributed by atoms with E-state index in [0.717, 1.165) is 11.0 Å². The van der Waals surface area contributed by atoms with Crippen LogP contribution < -0.4 is 0 Å². The molecule has 2 heterocycles. The van der Waals surface area contributed by atoms with Gasteiger partial charge in [-0.2, -0.15) is 4.98 Å². The molecule has 15 heavy (non-hydrogen) atoms. The zero-order valence-electron chi connectivity index (χ0n) is 8.07. The summed E-state index contributed by atoms with van der Waals surface area (Å²) in [6.45, 7) is 1.33. The van der Waals surface area contributed by atoms with Gasteiger partial charge in [0.1, 0.15) is 10.8 Å². The number of halogens is 2. The predicted molar refractivity (Wildman–Crippen MR) is 59.4 cm³/mol. The number of hydrogen-bond acceptors (Lipinski definition) is 3. The third-order valence-corrected chi connectivity index (χ3v) is 2.54. The molecular formula is C9H9Cl2N3O. The predicted octanol–water partition coefficient (Wildman–Crippen LogP) is 2.38. The SMILES string of the molecule is COCCn1ccc2c(Cl)nc(Cl)nc21.